The van der Waals surface area contributed by atoms with E-state index in [2.05, 4.69) is 10.2 Å². The number of aryl methyl sites for hydroxylation is 1. The molecule has 0 fully saturated rings. The minimum absolute atomic E-state index is 0.00881. The Morgan fingerprint density at radius 2 is 1.67 bits per heavy atom. The Labute approximate surface area is 173 Å². The number of ether oxygens (including phenoxy) is 1. The van der Waals surface area contributed by atoms with Gasteiger partial charge in [0.2, 0.25) is 0 Å². The largest absolute Gasteiger partial charge is 0.455 e. The van der Waals surface area contributed by atoms with Crippen molar-refractivity contribution in [2.24, 2.45) is 0 Å². The van der Waals surface area contributed by atoms with Gasteiger partial charge in [-0.1, -0.05) is 30.3 Å². The first-order chi connectivity index (χ1) is 14.5. The standard InChI is InChI=1S/C23H20N4O3/c1-16-21(17(2)27(25-16)20-7-4-3-5-8-20)22(28)23(29)30-15-18-9-11-19(12-10-18)26-14-6-13-24-26/h3-14H,15H2,1-2H3. The molecule has 0 spiro atoms. The van der Waals surface area contributed by atoms with E-state index < -0.39 is 11.8 Å². The molecule has 7 heteroatoms. The number of aromatic nitrogens is 4. The normalized spacial score (nSPS) is 10.7. The summed E-state index contributed by atoms with van der Waals surface area (Å²) >= 11 is 0. The van der Waals surface area contributed by atoms with Crippen LogP contribution in [0.5, 0.6) is 0 Å². The van der Waals surface area contributed by atoms with Gasteiger partial charge in [0.1, 0.15) is 6.61 Å². The van der Waals surface area contributed by atoms with Gasteiger partial charge in [0.15, 0.2) is 0 Å². The van der Waals surface area contributed by atoms with Gasteiger partial charge in [-0.25, -0.2) is 14.2 Å². The number of hydrogen-bond donors (Lipinski definition) is 0. The van der Waals surface area contributed by atoms with E-state index in [-0.39, 0.29) is 12.2 Å². The van der Waals surface area contributed by atoms with Crippen molar-refractivity contribution in [3.05, 3.63) is 95.6 Å². The van der Waals surface area contributed by atoms with Gasteiger partial charge in [0, 0.05) is 12.4 Å². The van der Waals surface area contributed by atoms with Gasteiger partial charge in [-0.3, -0.25) is 4.79 Å². The average Bonchev–Trinajstić information content (AvgIpc) is 3.41. The number of ketones is 1. The number of nitrogens with zero attached hydrogens (tertiary/aromatic N) is 4. The number of rotatable bonds is 6. The van der Waals surface area contributed by atoms with Crippen LogP contribution in [0.15, 0.2) is 73.1 Å². The first kappa shape index (κ1) is 19.3. The minimum atomic E-state index is -0.898. The van der Waals surface area contributed by atoms with Crippen molar-refractivity contribution in [2.75, 3.05) is 0 Å². The molecular formula is C23H20N4O3. The molecule has 4 rings (SSSR count). The lowest BCUT2D eigenvalue weighted by atomic mass is 10.1. The summed E-state index contributed by atoms with van der Waals surface area (Å²) in [5.74, 6) is -1.59. The summed E-state index contributed by atoms with van der Waals surface area (Å²) in [5.41, 5.74) is 3.86. The highest BCUT2D eigenvalue weighted by molar-refractivity contribution is 6.41. The van der Waals surface area contributed by atoms with Crippen molar-refractivity contribution < 1.29 is 14.3 Å². The molecule has 150 valence electrons. The van der Waals surface area contributed by atoms with Gasteiger partial charge >= 0.3 is 5.97 Å². The lowest BCUT2D eigenvalue weighted by Gasteiger charge is -2.07. The zero-order chi connectivity index (χ0) is 21.1. The Morgan fingerprint density at radius 3 is 2.33 bits per heavy atom. The molecule has 0 aliphatic heterocycles. The van der Waals surface area contributed by atoms with E-state index in [9.17, 15) is 9.59 Å². The average molecular weight is 400 g/mol. The topological polar surface area (TPSA) is 79.0 Å². The molecule has 0 aliphatic rings. The lowest BCUT2D eigenvalue weighted by molar-refractivity contribution is -0.139. The molecule has 2 aromatic carbocycles. The molecule has 0 bridgehead atoms. The number of carbonyl (C=O) groups is 2. The molecule has 0 N–H and O–H groups in total. The second-order valence-corrected chi connectivity index (χ2v) is 6.82. The zero-order valence-electron chi connectivity index (χ0n) is 16.6. The number of carbonyl (C=O) groups excluding carboxylic acids is 2. The molecule has 0 aliphatic carbocycles. The van der Waals surface area contributed by atoms with Crippen LogP contribution in [0.25, 0.3) is 11.4 Å². The van der Waals surface area contributed by atoms with Gasteiger partial charge in [-0.2, -0.15) is 10.2 Å². The van der Waals surface area contributed by atoms with Crippen LogP contribution in [0.2, 0.25) is 0 Å². The van der Waals surface area contributed by atoms with E-state index >= 15 is 0 Å². The van der Waals surface area contributed by atoms with Crippen LogP contribution >= 0.6 is 0 Å². The Balaban J connectivity index is 1.45. The van der Waals surface area contributed by atoms with Crippen molar-refractivity contribution >= 4 is 11.8 Å². The van der Waals surface area contributed by atoms with Crippen LogP contribution in [0.3, 0.4) is 0 Å². The molecule has 0 saturated heterocycles. The Hall–Kier alpha value is -4.00. The second-order valence-electron chi connectivity index (χ2n) is 6.82. The van der Waals surface area contributed by atoms with Gasteiger partial charge in [0.25, 0.3) is 5.78 Å². The first-order valence-corrected chi connectivity index (χ1v) is 9.46. The fourth-order valence-corrected chi connectivity index (χ4v) is 3.27. The SMILES string of the molecule is Cc1nn(-c2ccccc2)c(C)c1C(=O)C(=O)OCc1ccc(-n2cccn2)cc1. The molecule has 0 amide bonds. The summed E-state index contributed by atoms with van der Waals surface area (Å²) < 4.78 is 8.64. The van der Waals surface area contributed by atoms with Crippen LogP contribution in [-0.2, 0) is 16.1 Å². The van der Waals surface area contributed by atoms with Crippen molar-refractivity contribution in [1.29, 1.82) is 0 Å². The van der Waals surface area contributed by atoms with Gasteiger partial charge in [-0.05, 0) is 49.7 Å². The zero-order valence-corrected chi connectivity index (χ0v) is 16.6. The van der Waals surface area contributed by atoms with E-state index in [4.69, 9.17) is 4.74 Å². The number of Topliss-reactive ketones (excluding diaryl/α,β-unsaturated/α-hetero) is 1. The summed E-state index contributed by atoms with van der Waals surface area (Å²) in [4.78, 5) is 25.1. The fraction of sp³-hybridized carbons (Fsp3) is 0.130. The van der Waals surface area contributed by atoms with Crippen LogP contribution in [0, 0.1) is 13.8 Å². The predicted octanol–water partition coefficient (Wildman–Crippen LogP) is 3.60. The summed E-state index contributed by atoms with van der Waals surface area (Å²) in [6.07, 6.45) is 3.54. The Kier molecular flexibility index (Phi) is 5.26. The molecule has 0 unspecified atom stereocenters. The third-order valence-electron chi connectivity index (χ3n) is 4.78. The molecule has 7 nitrogen and oxygen atoms in total. The highest BCUT2D eigenvalue weighted by Crippen LogP contribution is 2.19. The third kappa shape index (κ3) is 3.77. The number of esters is 1. The molecule has 0 atom stereocenters. The summed E-state index contributed by atoms with van der Waals surface area (Å²) in [6.45, 7) is 3.48. The van der Waals surface area contributed by atoms with Gasteiger partial charge in [0.05, 0.1) is 28.3 Å². The van der Waals surface area contributed by atoms with Crippen LogP contribution in [0.4, 0.5) is 0 Å². The molecule has 2 heterocycles. The van der Waals surface area contributed by atoms with Crippen molar-refractivity contribution in [1.82, 2.24) is 19.6 Å². The maximum atomic E-state index is 12.7. The van der Waals surface area contributed by atoms with E-state index in [1.54, 1.807) is 29.4 Å². The highest BCUT2D eigenvalue weighted by Gasteiger charge is 2.26. The van der Waals surface area contributed by atoms with E-state index in [1.165, 1.54) is 0 Å². The summed E-state index contributed by atoms with van der Waals surface area (Å²) in [7, 11) is 0. The summed E-state index contributed by atoms with van der Waals surface area (Å²) in [6, 6.07) is 18.7. The minimum Gasteiger partial charge on any atom is -0.455 e. The number of benzene rings is 2. The van der Waals surface area contributed by atoms with Crippen molar-refractivity contribution in [3.8, 4) is 11.4 Å². The molecule has 30 heavy (non-hydrogen) atoms. The van der Waals surface area contributed by atoms with Crippen molar-refractivity contribution in [2.45, 2.75) is 20.5 Å². The maximum Gasteiger partial charge on any atom is 0.380 e. The van der Waals surface area contributed by atoms with Crippen LogP contribution < -0.4 is 0 Å². The highest BCUT2D eigenvalue weighted by atomic mass is 16.5. The fourth-order valence-electron chi connectivity index (χ4n) is 3.27. The van der Waals surface area contributed by atoms with Gasteiger partial charge in [-0.15, -0.1) is 0 Å². The van der Waals surface area contributed by atoms with E-state index in [0.29, 0.717) is 11.4 Å². The Bertz CT molecular complexity index is 1180. The Morgan fingerprint density at radius 1 is 0.933 bits per heavy atom. The molecule has 0 saturated carbocycles. The smallest absolute Gasteiger partial charge is 0.380 e. The maximum absolute atomic E-state index is 12.7. The summed E-state index contributed by atoms with van der Waals surface area (Å²) in [5, 5.41) is 8.58. The quantitative estimate of drug-likeness (QED) is 0.281. The van der Waals surface area contributed by atoms with Crippen molar-refractivity contribution in [3.63, 3.8) is 0 Å². The predicted molar refractivity (Wildman–Crippen MR) is 111 cm³/mol. The van der Waals surface area contributed by atoms with E-state index in [0.717, 1.165) is 16.9 Å². The van der Waals surface area contributed by atoms with E-state index in [1.807, 2.05) is 66.9 Å². The molecule has 4 aromatic rings. The van der Waals surface area contributed by atoms with Crippen LogP contribution in [0.1, 0.15) is 27.3 Å². The monoisotopic (exact) mass is 400 g/mol. The second kappa shape index (κ2) is 8.16. The first-order valence-electron chi connectivity index (χ1n) is 9.46. The molecule has 0 radical (unpaired) electrons. The molecule has 2 aromatic heterocycles. The lowest BCUT2D eigenvalue weighted by Crippen LogP contribution is -2.19. The number of hydrogen-bond acceptors (Lipinski definition) is 5. The van der Waals surface area contributed by atoms with Gasteiger partial charge < -0.3 is 4.74 Å². The third-order valence-corrected chi connectivity index (χ3v) is 4.78. The van der Waals surface area contributed by atoms with Crippen LogP contribution in [-0.4, -0.2) is 31.3 Å². The number of para-hydroxylation sites is 1. The molecular weight excluding hydrogens is 380 g/mol.